The molecule has 5 atom stereocenters. The standard InChI is InChI=1S/C28H24O14/c29-9-19-24(37)26(39)28(42-20(35)4-2-10-1-3-12(30)13(31)5-10)27(41-19)21-16(34)8-18-22(25(21)38)23(36)11-6-14(32)15(33)7-17(11)40-18/h1-8,19,24,26-34,37-39H,9H2/b4-2+/t19-,24-,26+,27+,28-/m1/s1. The number of carbonyl (C=O) groups is 1. The molecule has 1 aliphatic heterocycles. The van der Waals surface area contributed by atoms with E-state index in [1.165, 1.54) is 18.2 Å². The van der Waals surface area contributed by atoms with E-state index in [9.17, 15) is 55.5 Å². The van der Waals surface area contributed by atoms with Crippen LogP contribution in [0.5, 0.6) is 34.5 Å². The van der Waals surface area contributed by atoms with Crippen molar-refractivity contribution in [2.24, 2.45) is 0 Å². The van der Waals surface area contributed by atoms with Crippen molar-refractivity contribution in [3.8, 4) is 34.5 Å². The van der Waals surface area contributed by atoms with E-state index in [1.807, 2.05) is 0 Å². The Bertz CT molecular complexity index is 1790. The first-order chi connectivity index (χ1) is 19.9. The number of esters is 1. The second-order valence-corrected chi connectivity index (χ2v) is 9.54. The fourth-order valence-corrected chi connectivity index (χ4v) is 4.74. The molecule has 0 aliphatic carbocycles. The van der Waals surface area contributed by atoms with Crippen LogP contribution in [-0.4, -0.2) is 83.0 Å². The fourth-order valence-electron chi connectivity index (χ4n) is 4.74. The van der Waals surface area contributed by atoms with Gasteiger partial charge in [0.2, 0.25) is 5.43 Å². The van der Waals surface area contributed by atoms with Crippen LogP contribution >= 0.6 is 0 Å². The highest BCUT2D eigenvalue weighted by atomic mass is 16.6. The number of carbonyl (C=O) groups excluding carboxylic acids is 1. The monoisotopic (exact) mass is 584 g/mol. The Morgan fingerprint density at radius 2 is 1.52 bits per heavy atom. The van der Waals surface area contributed by atoms with Gasteiger partial charge in [-0.1, -0.05) is 6.07 Å². The second kappa shape index (κ2) is 10.8. The maximum absolute atomic E-state index is 13.3. The number of ether oxygens (including phenoxy) is 2. The van der Waals surface area contributed by atoms with Crippen LogP contribution in [0.25, 0.3) is 28.0 Å². The molecule has 0 spiro atoms. The van der Waals surface area contributed by atoms with Crippen LogP contribution in [0.15, 0.2) is 51.7 Å². The summed E-state index contributed by atoms with van der Waals surface area (Å²) in [4.78, 5) is 26.0. The van der Waals surface area contributed by atoms with Crippen molar-refractivity contribution < 1.29 is 64.6 Å². The predicted octanol–water partition coefficient (Wildman–Crippen LogP) is 0.959. The van der Waals surface area contributed by atoms with Crippen LogP contribution in [0, 0.1) is 0 Å². The third-order valence-corrected chi connectivity index (χ3v) is 6.87. The smallest absolute Gasteiger partial charge is 0.331 e. The van der Waals surface area contributed by atoms with Crippen molar-refractivity contribution >= 4 is 34.0 Å². The number of fused-ring (bicyclic) bond motifs is 2. The van der Waals surface area contributed by atoms with Gasteiger partial charge in [0.25, 0.3) is 0 Å². The lowest BCUT2D eigenvalue weighted by atomic mass is 9.89. The molecule has 1 fully saturated rings. The Morgan fingerprint density at radius 3 is 2.21 bits per heavy atom. The van der Waals surface area contributed by atoms with E-state index in [1.54, 1.807) is 0 Å². The summed E-state index contributed by atoms with van der Waals surface area (Å²) in [7, 11) is 0. The Labute approximate surface area is 234 Å². The average Bonchev–Trinajstić information content (AvgIpc) is 2.94. The van der Waals surface area contributed by atoms with Gasteiger partial charge in [-0.05, 0) is 29.8 Å². The highest BCUT2D eigenvalue weighted by Gasteiger charge is 2.49. The highest BCUT2D eigenvalue weighted by molar-refractivity contribution is 5.96. The maximum Gasteiger partial charge on any atom is 0.331 e. The molecular weight excluding hydrogens is 560 g/mol. The lowest BCUT2D eigenvalue weighted by molar-refractivity contribution is -0.240. The third-order valence-electron chi connectivity index (χ3n) is 6.87. The Kier molecular flexibility index (Phi) is 7.30. The summed E-state index contributed by atoms with van der Waals surface area (Å²) in [6.45, 7) is -0.829. The molecule has 0 radical (unpaired) electrons. The summed E-state index contributed by atoms with van der Waals surface area (Å²) in [5.41, 5.74) is -1.67. The summed E-state index contributed by atoms with van der Waals surface area (Å²) in [6, 6.07) is 6.50. The zero-order valence-electron chi connectivity index (χ0n) is 21.3. The molecule has 5 rings (SSSR count). The van der Waals surface area contributed by atoms with Crippen LogP contribution in [0.2, 0.25) is 0 Å². The molecule has 2 heterocycles. The van der Waals surface area contributed by atoms with E-state index >= 15 is 0 Å². The van der Waals surface area contributed by atoms with Crippen LogP contribution in [0.3, 0.4) is 0 Å². The van der Waals surface area contributed by atoms with Crippen molar-refractivity contribution in [3.63, 3.8) is 0 Å². The van der Waals surface area contributed by atoms with Crippen LogP contribution in [0.1, 0.15) is 17.2 Å². The summed E-state index contributed by atoms with van der Waals surface area (Å²) >= 11 is 0. The molecule has 9 N–H and O–H groups in total. The molecule has 3 aromatic carbocycles. The van der Waals surface area contributed by atoms with Crippen molar-refractivity contribution in [3.05, 3.63) is 63.8 Å². The highest BCUT2D eigenvalue weighted by Crippen LogP contribution is 2.46. The van der Waals surface area contributed by atoms with Gasteiger partial charge in [-0.3, -0.25) is 4.79 Å². The van der Waals surface area contributed by atoms with Crippen LogP contribution in [0.4, 0.5) is 0 Å². The number of hydrogen-bond donors (Lipinski definition) is 9. The summed E-state index contributed by atoms with van der Waals surface area (Å²) in [5.74, 6) is -4.83. The van der Waals surface area contributed by atoms with Gasteiger partial charge in [0.05, 0.1) is 17.6 Å². The molecule has 1 aliphatic rings. The first kappa shape index (κ1) is 28.5. The van der Waals surface area contributed by atoms with E-state index in [-0.39, 0.29) is 27.9 Å². The maximum atomic E-state index is 13.3. The minimum absolute atomic E-state index is 0.178. The van der Waals surface area contributed by atoms with Gasteiger partial charge < -0.3 is 59.8 Å². The summed E-state index contributed by atoms with van der Waals surface area (Å²) in [6.07, 6.45) is -6.64. The Balaban J connectivity index is 1.59. The molecule has 0 amide bonds. The number of phenols is 6. The first-order valence-corrected chi connectivity index (χ1v) is 12.3. The molecule has 1 aromatic heterocycles. The van der Waals surface area contributed by atoms with Gasteiger partial charge in [-0.25, -0.2) is 4.79 Å². The van der Waals surface area contributed by atoms with Crippen molar-refractivity contribution in [1.82, 2.24) is 0 Å². The number of aliphatic hydroxyl groups is 3. The van der Waals surface area contributed by atoms with E-state index in [0.29, 0.717) is 0 Å². The van der Waals surface area contributed by atoms with Gasteiger partial charge in [0, 0.05) is 18.2 Å². The summed E-state index contributed by atoms with van der Waals surface area (Å²) in [5, 5.41) is 91.0. The number of phenolic OH excluding ortho intramolecular Hbond substituents is 6. The van der Waals surface area contributed by atoms with E-state index in [0.717, 1.165) is 30.3 Å². The number of aromatic hydroxyl groups is 6. The summed E-state index contributed by atoms with van der Waals surface area (Å²) < 4.78 is 16.5. The zero-order valence-corrected chi connectivity index (χ0v) is 21.3. The molecule has 0 unspecified atom stereocenters. The predicted molar refractivity (Wildman–Crippen MR) is 142 cm³/mol. The molecule has 42 heavy (non-hydrogen) atoms. The van der Waals surface area contributed by atoms with Gasteiger partial charge in [-0.15, -0.1) is 0 Å². The van der Waals surface area contributed by atoms with Crippen LogP contribution in [-0.2, 0) is 14.3 Å². The number of aliphatic hydroxyl groups excluding tert-OH is 3. The quantitative estimate of drug-likeness (QED) is 0.0686. The van der Waals surface area contributed by atoms with Gasteiger partial charge in [0.1, 0.15) is 52.5 Å². The lowest BCUT2D eigenvalue weighted by Crippen LogP contribution is -2.56. The SMILES string of the molecule is O=C(/C=C/c1ccc(O)c(O)c1)O[C@@H]1[C@@H](O)[C@H](O)[C@@H](CO)O[C@H]1c1c(O)cc2oc3cc(O)c(O)cc3c(=O)c2c1O. The van der Waals surface area contributed by atoms with Gasteiger partial charge in [0.15, 0.2) is 29.1 Å². The Morgan fingerprint density at radius 1 is 0.857 bits per heavy atom. The van der Waals surface area contributed by atoms with E-state index in [4.69, 9.17) is 13.9 Å². The average molecular weight is 584 g/mol. The number of benzene rings is 3. The molecule has 14 heteroatoms. The lowest BCUT2D eigenvalue weighted by Gasteiger charge is -2.42. The topological polar surface area (TPSA) is 248 Å². The normalized spacial score (nSPS) is 22.6. The minimum atomic E-state index is -1.92. The first-order valence-electron chi connectivity index (χ1n) is 12.3. The second-order valence-electron chi connectivity index (χ2n) is 9.54. The molecule has 1 saturated heterocycles. The third kappa shape index (κ3) is 4.88. The molecule has 220 valence electrons. The minimum Gasteiger partial charge on any atom is -0.507 e. The number of rotatable bonds is 5. The molecular formula is C28H24O14. The van der Waals surface area contributed by atoms with Crippen LogP contribution < -0.4 is 5.43 Å². The molecule has 14 nitrogen and oxygen atoms in total. The molecule has 0 saturated carbocycles. The fraction of sp³-hybridized carbons (Fsp3) is 0.214. The van der Waals surface area contributed by atoms with Crippen molar-refractivity contribution in [1.29, 1.82) is 0 Å². The van der Waals surface area contributed by atoms with Crippen molar-refractivity contribution in [2.45, 2.75) is 30.5 Å². The largest absolute Gasteiger partial charge is 0.507 e. The van der Waals surface area contributed by atoms with Gasteiger partial charge in [-0.2, -0.15) is 0 Å². The zero-order chi connectivity index (χ0) is 30.5. The molecule has 0 bridgehead atoms. The van der Waals surface area contributed by atoms with Crippen molar-refractivity contribution in [2.75, 3.05) is 6.61 Å². The van der Waals surface area contributed by atoms with Gasteiger partial charge >= 0.3 is 5.97 Å². The number of hydrogen-bond acceptors (Lipinski definition) is 14. The van der Waals surface area contributed by atoms with E-state index < -0.39 is 88.2 Å². The van der Waals surface area contributed by atoms with E-state index in [2.05, 4.69) is 0 Å². The molecule has 4 aromatic rings. The Hall–Kier alpha value is -5.02.